The number of para-hydroxylation sites is 1. The summed E-state index contributed by atoms with van der Waals surface area (Å²) in [5.41, 5.74) is 4.67. The van der Waals surface area contributed by atoms with E-state index in [9.17, 15) is 4.79 Å². The van der Waals surface area contributed by atoms with E-state index in [2.05, 4.69) is 34.4 Å². The molecule has 1 aliphatic rings. The second kappa shape index (κ2) is 12.5. The molecule has 1 N–H and O–H groups in total. The van der Waals surface area contributed by atoms with E-state index in [1.165, 1.54) is 11.1 Å². The Hall–Kier alpha value is -2.88. The molecular formula is C26H33IN6O. The standard InChI is InChI=1S/C26H32N6O.HI/c1-3-27-26(30(2)17-21-16-29-32(18-21)24-12-5-4-6-13-24)28-15-9-14-25(33)31-19-22-10-7-8-11-23(22)20-31;/h4-8,10-13,16,18H,3,9,14-15,17,19-20H2,1-2H3,(H,27,28);1H. The zero-order valence-corrected chi connectivity index (χ0v) is 22.2. The molecule has 7 nitrogen and oxygen atoms in total. The van der Waals surface area contributed by atoms with Gasteiger partial charge in [0, 0.05) is 58.0 Å². The molecule has 180 valence electrons. The monoisotopic (exact) mass is 572 g/mol. The number of rotatable bonds is 8. The molecule has 0 aliphatic carbocycles. The summed E-state index contributed by atoms with van der Waals surface area (Å²) in [6.45, 7) is 5.61. The van der Waals surface area contributed by atoms with Crippen molar-refractivity contribution < 1.29 is 4.79 Å². The van der Waals surface area contributed by atoms with Gasteiger partial charge in [0.1, 0.15) is 0 Å². The van der Waals surface area contributed by atoms with Gasteiger partial charge in [-0.3, -0.25) is 9.79 Å². The van der Waals surface area contributed by atoms with Gasteiger partial charge in [-0.05, 0) is 36.6 Å². The number of hydrogen-bond donors (Lipinski definition) is 1. The van der Waals surface area contributed by atoms with Gasteiger partial charge in [-0.2, -0.15) is 5.10 Å². The van der Waals surface area contributed by atoms with Crippen molar-refractivity contribution in [2.45, 2.75) is 39.4 Å². The Morgan fingerprint density at radius 1 is 1.09 bits per heavy atom. The van der Waals surface area contributed by atoms with E-state index in [4.69, 9.17) is 4.99 Å². The first-order valence-electron chi connectivity index (χ1n) is 11.6. The Morgan fingerprint density at radius 2 is 1.76 bits per heavy atom. The van der Waals surface area contributed by atoms with E-state index in [1.54, 1.807) is 0 Å². The molecule has 0 atom stereocenters. The zero-order chi connectivity index (χ0) is 23.0. The maximum atomic E-state index is 12.6. The Kier molecular flexibility index (Phi) is 9.50. The predicted molar refractivity (Wildman–Crippen MR) is 146 cm³/mol. The number of aromatic nitrogens is 2. The van der Waals surface area contributed by atoms with Crippen LogP contribution < -0.4 is 5.32 Å². The first kappa shape index (κ1) is 25.7. The lowest BCUT2D eigenvalue weighted by molar-refractivity contribution is -0.131. The van der Waals surface area contributed by atoms with Gasteiger partial charge in [-0.15, -0.1) is 24.0 Å². The van der Waals surface area contributed by atoms with Gasteiger partial charge in [0.15, 0.2) is 5.96 Å². The molecule has 0 fully saturated rings. The fourth-order valence-corrected chi connectivity index (χ4v) is 4.06. The lowest BCUT2D eigenvalue weighted by atomic mass is 10.1. The summed E-state index contributed by atoms with van der Waals surface area (Å²) < 4.78 is 1.88. The summed E-state index contributed by atoms with van der Waals surface area (Å²) in [5, 5.41) is 7.83. The summed E-state index contributed by atoms with van der Waals surface area (Å²) in [7, 11) is 2.02. The van der Waals surface area contributed by atoms with Crippen LogP contribution >= 0.6 is 24.0 Å². The van der Waals surface area contributed by atoms with Gasteiger partial charge in [0.25, 0.3) is 0 Å². The topological polar surface area (TPSA) is 65.8 Å². The Labute approximate surface area is 218 Å². The van der Waals surface area contributed by atoms with Gasteiger partial charge >= 0.3 is 0 Å². The van der Waals surface area contributed by atoms with Crippen molar-refractivity contribution in [3.05, 3.63) is 83.7 Å². The summed E-state index contributed by atoms with van der Waals surface area (Å²) in [5.74, 6) is 1.04. The average Bonchev–Trinajstić information content (AvgIpc) is 3.48. The number of fused-ring (bicyclic) bond motifs is 1. The number of nitrogens with one attached hydrogen (secondary N) is 1. The molecule has 2 heterocycles. The van der Waals surface area contributed by atoms with Crippen molar-refractivity contribution in [2.24, 2.45) is 4.99 Å². The molecule has 0 unspecified atom stereocenters. The van der Waals surface area contributed by atoms with Crippen molar-refractivity contribution in [3.8, 4) is 5.69 Å². The number of benzene rings is 2. The minimum absolute atomic E-state index is 0. The van der Waals surface area contributed by atoms with Crippen LogP contribution in [0.15, 0.2) is 72.0 Å². The Bertz CT molecular complexity index is 1070. The molecule has 34 heavy (non-hydrogen) atoms. The van der Waals surface area contributed by atoms with Crippen LogP contribution in [-0.2, 0) is 24.4 Å². The third kappa shape index (κ3) is 6.59. The highest BCUT2D eigenvalue weighted by Crippen LogP contribution is 2.23. The van der Waals surface area contributed by atoms with Gasteiger partial charge in [-0.1, -0.05) is 42.5 Å². The molecular weight excluding hydrogens is 539 g/mol. The first-order valence-corrected chi connectivity index (χ1v) is 11.6. The molecule has 1 aliphatic heterocycles. The van der Waals surface area contributed by atoms with E-state index < -0.39 is 0 Å². The highest BCUT2D eigenvalue weighted by molar-refractivity contribution is 14.0. The smallest absolute Gasteiger partial charge is 0.223 e. The maximum absolute atomic E-state index is 12.6. The second-order valence-electron chi connectivity index (χ2n) is 8.34. The van der Waals surface area contributed by atoms with E-state index in [0.29, 0.717) is 19.5 Å². The van der Waals surface area contributed by atoms with Crippen LogP contribution in [-0.4, -0.2) is 51.6 Å². The summed E-state index contributed by atoms with van der Waals surface area (Å²) >= 11 is 0. The van der Waals surface area contributed by atoms with Crippen LogP contribution in [0, 0.1) is 0 Å². The highest BCUT2D eigenvalue weighted by atomic mass is 127. The van der Waals surface area contributed by atoms with Crippen LogP contribution in [0.2, 0.25) is 0 Å². The number of guanidine groups is 1. The van der Waals surface area contributed by atoms with Crippen molar-refractivity contribution in [2.75, 3.05) is 20.1 Å². The molecule has 0 radical (unpaired) electrons. The van der Waals surface area contributed by atoms with Crippen molar-refractivity contribution in [1.29, 1.82) is 0 Å². The third-order valence-corrected chi connectivity index (χ3v) is 5.78. The summed E-state index contributed by atoms with van der Waals surface area (Å²) in [6, 6.07) is 18.4. The minimum Gasteiger partial charge on any atom is -0.357 e. The van der Waals surface area contributed by atoms with Gasteiger partial charge in [-0.25, -0.2) is 4.68 Å². The zero-order valence-electron chi connectivity index (χ0n) is 19.9. The number of carbonyl (C=O) groups is 1. The summed E-state index contributed by atoms with van der Waals surface area (Å²) in [4.78, 5) is 21.4. The number of halogens is 1. The Balaban J connectivity index is 0.00000324. The van der Waals surface area contributed by atoms with Crippen LogP contribution in [0.5, 0.6) is 0 Å². The summed E-state index contributed by atoms with van der Waals surface area (Å²) in [6.07, 6.45) is 5.19. The quantitative estimate of drug-likeness (QED) is 0.190. The predicted octanol–water partition coefficient (Wildman–Crippen LogP) is 4.21. The van der Waals surface area contributed by atoms with Gasteiger partial charge < -0.3 is 15.1 Å². The number of carbonyl (C=O) groups excluding carboxylic acids is 1. The van der Waals surface area contributed by atoms with Crippen LogP contribution in [0.4, 0.5) is 0 Å². The first-order chi connectivity index (χ1) is 16.1. The largest absolute Gasteiger partial charge is 0.357 e. The number of nitrogens with zero attached hydrogens (tertiary/aromatic N) is 5. The van der Waals surface area contributed by atoms with Crippen molar-refractivity contribution in [3.63, 3.8) is 0 Å². The minimum atomic E-state index is 0. The van der Waals surface area contributed by atoms with Gasteiger partial charge in [0.05, 0.1) is 11.9 Å². The van der Waals surface area contributed by atoms with E-state index in [-0.39, 0.29) is 29.9 Å². The van der Waals surface area contributed by atoms with Crippen molar-refractivity contribution in [1.82, 2.24) is 24.9 Å². The molecule has 0 bridgehead atoms. The molecule has 8 heteroatoms. The fraction of sp³-hybridized carbons (Fsp3) is 0.346. The number of hydrogen-bond acceptors (Lipinski definition) is 3. The lowest BCUT2D eigenvalue weighted by Gasteiger charge is -2.21. The second-order valence-corrected chi connectivity index (χ2v) is 8.34. The molecule has 1 amide bonds. The van der Waals surface area contributed by atoms with Crippen LogP contribution in [0.25, 0.3) is 5.69 Å². The molecule has 4 rings (SSSR count). The Morgan fingerprint density at radius 3 is 2.44 bits per heavy atom. The average molecular weight is 572 g/mol. The van der Waals surface area contributed by atoms with Crippen LogP contribution in [0.3, 0.4) is 0 Å². The highest BCUT2D eigenvalue weighted by Gasteiger charge is 2.22. The molecule has 3 aromatic rings. The van der Waals surface area contributed by atoms with E-state index in [0.717, 1.165) is 43.3 Å². The van der Waals surface area contributed by atoms with E-state index >= 15 is 0 Å². The number of amides is 1. The molecule has 0 spiro atoms. The normalized spacial score (nSPS) is 12.8. The van der Waals surface area contributed by atoms with Gasteiger partial charge in [0.2, 0.25) is 5.91 Å². The van der Waals surface area contributed by atoms with Crippen LogP contribution in [0.1, 0.15) is 36.5 Å². The van der Waals surface area contributed by atoms with E-state index in [1.807, 2.05) is 71.5 Å². The maximum Gasteiger partial charge on any atom is 0.223 e. The fourth-order valence-electron chi connectivity index (χ4n) is 4.06. The number of aliphatic imine (C=N–C) groups is 1. The molecule has 2 aromatic carbocycles. The third-order valence-electron chi connectivity index (χ3n) is 5.78. The lowest BCUT2D eigenvalue weighted by Crippen LogP contribution is -2.38. The van der Waals surface area contributed by atoms with Crippen molar-refractivity contribution >= 4 is 35.8 Å². The molecule has 0 saturated carbocycles. The SMILES string of the molecule is CCNC(=NCCCC(=O)N1Cc2ccccc2C1)N(C)Cc1cnn(-c2ccccc2)c1.I. The molecule has 1 aromatic heterocycles. The molecule has 0 saturated heterocycles.